The molecule has 0 fully saturated rings. The molecule has 0 aliphatic carbocycles. The molecule has 0 unspecified atom stereocenters. The number of ether oxygens (including phenoxy) is 1. The number of carbonyl (C=O) groups excluding carboxylic acids is 4. The largest absolute Gasteiger partial charge is 0.505 e. The second-order valence-electron chi connectivity index (χ2n) is 10.6. The predicted octanol–water partition coefficient (Wildman–Crippen LogP) is 3.70. The average Bonchev–Trinajstić information content (AvgIpc) is 3.59. The maximum absolute atomic E-state index is 15.1. The molecule has 0 saturated carbocycles. The number of carbonyl (C=O) groups is 4. The van der Waals surface area contributed by atoms with Crippen LogP contribution in [-0.4, -0.2) is 75.8 Å². The van der Waals surface area contributed by atoms with Gasteiger partial charge in [0.15, 0.2) is 17.3 Å². The molecule has 4 aromatic rings. The highest BCUT2D eigenvalue weighted by molar-refractivity contribution is 6.02. The molecule has 1 aliphatic rings. The van der Waals surface area contributed by atoms with E-state index in [1.54, 1.807) is 49.5 Å². The first-order chi connectivity index (χ1) is 22.1. The van der Waals surface area contributed by atoms with Crippen molar-refractivity contribution >= 4 is 41.0 Å². The van der Waals surface area contributed by atoms with Gasteiger partial charge in [-0.25, -0.2) is 9.07 Å². The van der Waals surface area contributed by atoms with Gasteiger partial charge in [-0.2, -0.15) is 0 Å². The molecule has 0 saturated heterocycles. The van der Waals surface area contributed by atoms with Gasteiger partial charge in [-0.05, 0) is 73.0 Å². The summed E-state index contributed by atoms with van der Waals surface area (Å²) in [6.45, 7) is 1.39. The number of rotatable bonds is 9. The van der Waals surface area contributed by atoms with Gasteiger partial charge < -0.3 is 25.0 Å². The van der Waals surface area contributed by atoms with E-state index in [1.807, 2.05) is 0 Å². The first-order valence-corrected chi connectivity index (χ1v) is 14.3. The third kappa shape index (κ3) is 6.40. The van der Waals surface area contributed by atoms with Crippen molar-refractivity contribution in [2.45, 2.75) is 19.4 Å². The minimum Gasteiger partial charge on any atom is -0.505 e. The van der Waals surface area contributed by atoms with Crippen LogP contribution in [0.2, 0.25) is 0 Å². The number of methoxy groups -OCH3 is 1. The summed E-state index contributed by atoms with van der Waals surface area (Å²) in [5, 5.41) is 20.5. The number of aromatic nitrogens is 3. The molecule has 12 nitrogen and oxygen atoms in total. The fourth-order valence-electron chi connectivity index (χ4n) is 5.35. The maximum atomic E-state index is 15.1. The molecule has 0 bridgehead atoms. The van der Waals surface area contributed by atoms with E-state index in [-0.39, 0.29) is 36.1 Å². The predicted molar refractivity (Wildman–Crippen MR) is 167 cm³/mol. The standard InChI is InChI=1S/C33H31FN6O6/c1-20(41)21-7-9-22(10-8-21)36-33(45)32-24-5-4-6-26(38(2)30(44)19-46-3)23(24)15-17-39(32)29(43)14-11-25-27(40-18-16-35-37-40)12-13-28(42)31(25)34/h4-14,16,18,32,42H,15,17,19H2,1-3H3,(H,36,45)/b14-11+/t32-/m0/s1. The minimum atomic E-state index is -1.14. The second-order valence-corrected chi connectivity index (χ2v) is 10.6. The van der Waals surface area contributed by atoms with E-state index in [4.69, 9.17) is 4.74 Å². The van der Waals surface area contributed by atoms with Crippen molar-refractivity contribution in [2.24, 2.45) is 0 Å². The van der Waals surface area contributed by atoms with Crippen molar-refractivity contribution in [3.05, 3.63) is 101 Å². The van der Waals surface area contributed by atoms with E-state index in [9.17, 15) is 24.3 Å². The third-order valence-electron chi connectivity index (χ3n) is 7.69. The van der Waals surface area contributed by atoms with Crippen LogP contribution in [0.15, 0.2) is 73.1 Å². The van der Waals surface area contributed by atoms with Crippen LogP contribution in [0.4, 0.5) is 15.8 Å². The van der Waals surface area contributed by atoms with Gasteiger partial charge in [-0.3, -0.25) is 19.2 Å². The number of nitrogens with one attached hydrogen (secondary N) is 1. The number of phenols is 1. The minimum absolute atomic E-state index is 0.0965. The number of likely N-dealkylation sites (N-methyl/N-ethyl adjacent to an activating group) is 1. The van der Waals surface area contributed by atoms with E-state index >= 15 is 4.39 Å². The van der Waals surface area contributed by atoms with Gasteiger partial charge in [0.05, 0.1) is 18.1 Å². The van der Waals surface area contributed by atoms with Crippen LogP contribution in [0, 0.1) is 5.82 Å². The number of amides is 3. The summed E-state index contributed by atoms with van der Waals surface area (Å²) >= 11 is 0. The summed E-state index contributed by atoms with van der Waals surface area (Å²) in [5.74, 6) is -3.13. The van der Waals surface area contributed by atoms with Gasteiger partial charge in [0.1, 0.15) is 12.6 Å². The molecule has 1 atom stereocenters. The Balaban J connectivity index is 1.53. The summed E-state index contributed by atoms with van der Waals surface area (Å²) in [6.07, 6.45) is 5.55. The number of anilines is 2. The normalized spacial score (nSPS) is 14.2. The zero-order valence-electron chi connectivity index (χ0n) is 25.3. The summed E-state index contributed by atoms with van der Waals surface area (Å²) in [5.41, 5.74) is 2.80. The molecular formula is C33H31FN6O6. The first kappa shape index (κ1) is 31.7. The maximum Gasteiger partial charge on any atom is 0.252 e. The van der Waals surface area contributed by atoms with Crippen LogP contribution < -0.4 is 10.2 Å². The number of benzene rings is 3. The van der Waals surface area contributed by atoms with Gasteiger partial charge in [0.25, 0.3) is 11.8 Å². The Bertz CT molecular complexity index is 1820. The Morgan fingerprint density at radius 2 is 1.89 bits per heavy atom. The van der Waals surface area contributed by atoms with Crippen molar-refractivity contribution in [3.63, 3.8) is 0 Å². The summed E-state index contributed by atoms with van der Waals surface area (Å²) in [6, 6.07) is 13.0. The highest BCUT2D eigenvalue weighted by Gasteiger charge is 2.37. The van der Waals surface area contributed by atoms with Gasteiger partial charge in [0.2, 0.25) is 5.91 Å². The Morgan fingerprint density at radius 1 is 1.13 bits per heavy atom. The fraction of sp³-hybridized carbons (Fsp3) is 0.212. The number of ketones is 1. The average molecular weight is 627 g/mol. The molecule has 0 radical (unpaired) electrons. The number of Topliss-reactive ketones (excluding diaryl/α,β-unsaturated/α-hetero) is 1. The van der Waals surface area contributed by atoms with E-state index in [1.165, 1.54) is 59.1 Å². The van der Waals surface area contributed by atoms with Crippen molar-refractivity contribution in [1.29, 1.82) is 0 Å². The first-order valence-electron chi connectivity index (χ1n) is 14.3. The molecule has 0 spiro atoms. The van der Waals surface area contributed by atoms with Gasteiger partial charge in [-0.15, -0.1) is 5.10 Å². The number of halogens is 1. The molecule has 1 aromatic heterocycles. The smallest absolute Gasteiger partial charge is 0.252 e. The lowest BCUT2D eigenvalue weighted by molar-refractivity contribution is -0.135. The molecular weight excluding hydrogens is 595 g/mol. The van der Waals surface area contributed by atoms with E-state index in [0.717, 1.165) is 6.08 Å². The van der Waals surface area contributed by atoms with Crippen LogP contribution in [0.25, 0.3) is 11.8 Å². The molecule has 2 N–H and O–H groups in total. The number of aromatic hydroxyl groups is 1. The van der Waals surface area contributed by atoms with Crippen molar-refractivity contribution < 1.29 is 33.4 Å². The molecule has 3 aromatic carbocycles. The number of hydrogen-bond donors (Lipinski definition) is 2. The topological polar surface area (TPSA) is 147 Å². The molecule has 46 heavy (non-hydrogen) atoms. The summed E-state index contributed by atoms with van der Waals surface area (Å²) in [4.78, 5) is 55.0. The molecule has 2 heterocycles. The number of nitrogens with zero attached hydrogens (tertiary/aromatic N) is 5. The SMILES string of the molecule is COCC(=O)N(C)c1cccc2c1CCN(C(=O)/C=C/c1c(-n3ccnn3)ccc(O)c1F)[C@@H]2C(=O)Nc1ccc(C(C)=O)cc1. The molecule has 13 heteroatoms. The van der Waals surface area contributed by atoms with E-state index in [2.05, 4.69) is 15.6 Å². The van der Waals surface area contributed by atoms with Crippen LogP contribution >= 0.6 is 0 Å². The zero-order valence-corrected chi connectivity index (χ0v) is 25.3. The summed E-state index contributed by atoms with van der Waals surface area (Å²) < 4.78 is 21.4. The van der Waals surface area contributed by atoms with Gasteiger partial charge in [-0.1, -0.05) is 17.3 Å². The van der Waals surface area contributed by atoms with Crippen LogP contribution in [0.3, 0.4) is 0 Å². The van der Waals surface area contributed by atoms with Crippen LogP contribution in [0.5, 0.6) is 5.75 Å². The second kappa shape index (κ2) is 13.5. The van der Waals surface area contributed by atoms with Crippen LogP contribution in [-0.2, 0) is 25.5 Å². The Labute approximate surface area is 263 Å². The Morgan fingerprint density at radius 3 is 2.57 bits per heavy atom. The fourth-order valence-corrected chi connectivity index (χ4v) is 5.35. The lowest BCUT2D eigenvalue weighted by Crippen LogP contribution is -2.45. The Hall–Kier alpha value is -5.69. The molecule has 236 valence electrons. The lowest BCUT2D eigenvalue weighted by atomic mass is 9.90. The highest BCUT2D eigenvalue weighted by Crippen LogP contribution is 2.37. The number of phenolic OH excluding ortho intramolecular Hbond substituents is 1. The van der Waals surface area contributed by atoms with Crippen molar-refractivity contribution in [1.82, 2.24) is 19.9 Å². The number of hydrogen-bond acceptors (Lipinski definition) is 8. The van der Waals surface area contributed by atoms with E-state index in [0.29, 0.717) is 34.5 Å². The van der Waals surface area contributed by atoms with Gasteiger partial charge >= 0.3 is 0 Å². The quantitative estimate of drug-likeness (QED) is 0.211. The van der Waals surface area contributed by atoms with Crippen molar-refractivity contribution in [3.8, 4) is 11.4 Å². The van der Waals surface area contributed by atoms with E-state index < -0.39 is 29.4 Å². The zero-order chi connectivity index (χ0) is 33.0. The van der Waals surface area contributed by atoms with Crippen molar-refractivity contribution in [2.75, 3.05) is 37.5 Å². The highest BCUT2D eigenvalue weighted by atomic mass is 19.1. The third-order valence-corrected chi connectivity index (χ3v) is 7.69. The molecule has 5 rings (SSSR count). The van der Waals surface area contributed by atoms with Crippen LogP contribution in [0.1, 0.15) is 40.0 Å². The molecule has 1 aliphatic heterocycles. The Kier molecular flexibility index (Phi) is 9.33. The van der Waals surface area contributed by atoms with Gasteiger partial charge in [0, 0.05) is 49.3 Å². The number of fused-ring (bicyclic) bond motifs is 1. The lowest BCUT2D eigenvalue weighted by Gasteiger charge is -2.37. The monoisotopic (exact) mass is 626 g/mol. The summed E-state index contributed by atoms with van der Waals surface area (Å²) in [7, 11) is 3.03. The molecule has 3 amide bonds.